The van der Waals surface area contributed by atoms with Crippen molar-refractivity contribution in [2.75, 3.05) is 0 Å². The molecule has 1 nitrogen and oxygen atoms in total. The summed E-state index contributed by atoms with van der Waals surface area (Å²) in [7, 11) is 0. The lowest BCUT2D eigenvalue weighted by atomic mass is 9.84. The number of fused-ring (bicyclic) bond motifs is 10. The zero-order chi connectivity index (χ0) is 38.2. The van der Waals surface area contributed by atoms with E-state index in [1.165, 1.54) is 104 Å². The summed E-state index contributed by atoms with van der Waals surface area (Å²) in [5.74, 6) is 0. The maximum absolute atomic E-state index is 5.09. The molecule has 268 valence electrons. The highest BCUT2D eigenvalue weighted by Crippen LogP contribution is 2.47. The molecule has 0 aliphatic rings. The summed E-state index contributed by atoms with van der Waals surface area (Å²) in [6.07, 6.45) is 2.11. The Kier molecular flexibility index (Phi) is 7.30. The molecule has 0 amide bonds. The minimum absolute atomic E-state index is 0.998. The molecule has 0 radical (unpaired) electrons. The van der Waals surface area contributed by atoms with Crippen molar-refractivity contribution in [2.24, 2.45) is 0 Å². The molecule has 0 N–H and O–H groups in total. The summed E-state index contributed by atoms with van der Waals surface area (Å²) < 4.78 is 0. The van der Waals surface area contributed by atoms with Crippen LogP contribution >= 0.6 is 0 Å². The van der Waals surface area contributed by atoms with E-state index in [9.17, 15) is 0 Å². The molecule has 0 saturated carbocycles. The average Bonchev–Trinajstić information content (AvgIpc) is 3.30. The maximum Gasteiger partial charge on any atom is 0.0708 e. The fraction of sp³-hybridized carbons (Fsp3) is 0. The normalized spacial score (nSPS) is 11.8. The lowest BCUT2D eigenvalue weighted by molar-refractivity contribution is 1.45. The van der Waals surface area contributed by atoms with E-state index in [0.29, 0.717) is 0 Å². The van der Waals surface area contributed by atoms with Crippen LogP contribution in [0.5, 0.6) is 0 Å². The summed E-state index contributed by atoms with van der Waals surface area (Å²) in [5, 5.41) is 16.0. The zero-order valence-electron chi connectivity index (χ0n) is 31.7. The SMILES string of the molecule is c1ccc(-c2ccc3c(ccc4cc(-c5c6ccccc6c(-c6ccc7c(ccc8cc(-c9ccccc9)ccc87)c6)c6c5cnc5ccccc56)ccc43)c2)cc1. The van der Waals surface area contributed by atoms with Gasteiger partial charge in [0, 0.05) is 22.4 Å². The van der Waals surface area contributed by atoms with Gasteiger partial charge in [-0.25, -0.2) is 0 Å². The van der Waals surface area contributed by atoms with E-state index in [1.807, 2.05) is 0 Å². The smallest absolute Gasteiger partial charge is 0.0708 e. The fourth-order valence-corrected chi connectivity index (χ4v) is 9.48. The van der Waals surface area contributed by atoms with Crippen LogP contribution in [0.4, 0.5) is 0 Å². The zero-order valence-corrected chi connectivity index (χ0v) is 31.7. The highest BCUT2D eigenvalue weighted by Gasteiger charge is 2.20. The molecule has 0 aliphatic heterocycles. The molecular weight excluding hydrogens is 699 g/mol. The summed E-state index contributed by atoms with van der Waals surface area (Å²) in [6, 6.07) is 75.6. The number of para-hydroxylation sites is 1. The van der Waals surface area contributed by atoms with Crippen molar-refractivity contribution in [2.45, 2.75) is 0 Å². The van der Waals surface area contributed by atoms with Gasteiger partial charge in [-0.15, -0.1) is 0 Å². The molecule has 1 heteroatoms. The monoisotopic (exact) mass is 733 g/mol. The third kappa shape index (κ3) is 5.14. The van der Waals surface area contributed by atoms with Gasteiger partial charge in [0.15, 0.2) is 0 Å². The van der Waals surface area contributed by atoms with E-state index < -0.39 is 0 Å². The number of benzene rings is 11. The maximum atomic E-state index is 5.09. The Labute approximate surface area is 336 Å². The Morgan fingerprint density at radius 1 is 0.241 bits per heavy atom. The van der Waals surface area contributed by atoms with Gasteiger partial charge < -0.3 is 0 Å². The number of rotatable bonds is 4. The van der Waals surface area contributed by atoms with Gasteiger partial charge in [0.25, 0.3) is 0 Å². The first-order valence-electron chi connectivity index (χ1n) is 20.0. The third-order valence-corrected chi connectivity index (χ3v) is 12.2. The quantitative estimate of drug-likeness (QED) is 0.130. The number of pyridine rings is 1. The molecule has 0 unspecified atom stereocenters. The van der Waals surface area contributed by atoms with Crippen LogP contribution in [0.2, 0.25) is 0 Å². The van der Waals surface area contributed by atoms with Crippen LogP contribution < -0.4 is 0 Å². The second-order valence-electron chi connectivity index (χ2n) is 15.5. The largest absolute Gasteiger partial charge is 0.256 e. The van der Waals surface area contributed by atoms with Crippen LogP contribution in [0.1, 0.15) is 0 Å². The first-order valence-corrected chi connectivity index (χ1v) is 20.0. The van der Waals surface area contributed by atoms with Crippen LogP contribution in [0.15, 0.2) is 212 Å². The highest BCUT2D eigenvalue weighted by molar-refractivity contribution is 6.28. The molecule has 0 spiro atoms. The van der Waals surface area contributed by atoms with Crippen molar-refractivity contribution in [3.05, 3.63) is 212 Å². The molecule has 12 aromatic rings. The van der Waals surface area contributed by atoms with Gasteiger partial charge in [-0.3, -0.25) is 4.98 Å². The topological polar surface area (TPSA) is 12.9 Å². The summed E-state index contributed by atoms with van der Waals surface area (Å²) in [6.45, 7) is 0. The fourth-order valence-electron chi connectivity index (χ4n) is 9.48. The van der Waals surface area contributed by atoms with Gasteiger partial charge in [0.05, 0.1) is 5.52 Å². The van der Waals surface area contributed by atoms with Gasteiger partial charge in [0.2, 0.25) is 0 Å². The van der Waals surface area contributed by atoms with E-state index in [-0.39, 0.29) is 0 Å². The van der Waals surface area contributed by atoms with Crippen molar-refractivity contribution in [1.29, 1.82) is 0 Å². The van der Waals surface area contributed by atoms with Crippen LogP contribution in [-0.2, 0) is 0 Å². The molecule has 0 saturated heterocycles. The summed E-state index contributed by atoms with van der Waals surface area (Å²) in [4.78, 5) is 5.09. The molecule has 58 heavy (non-hydrogen) atoms. The molecule has 0 fully saturated rings. The highest BCUT2D eigenvalue weighted by atomic mass is 14.7. The van der Waals surface area contributed by atoms with E-state index in [2.05, 4.69) is 212 Å². The second-order valence-corrected chi connectivity index (χ2v) is 15.5. The summed E-state index contributed by atoms with van der Waals surface area (Å²) >= 11 is 0. The van der Waals surface area contributed by atoms with Crippen LogP contribution in [0, 0.1) is 0 Å². The molecule has 1 heterocycles. The van der Waals surface area contributed by atoms with Crippen LogP contribution in [-0.4, -0.2) is 4.98 Å². The number of nitrogens with zero attached hydrogens (tertiary/aromatic N) is 1. The first-order chi connectivity index (χ1) is 28.7. The van der Waals surface area contributed by atoms with Gasteiger partial charge in [-0.2, -0.15) is 0 Å². The third-order valence-electron chi connectivity index (χ3n) is 12.2. The van der Waals surface area contributed by atoms with Gasteiger partial charge in [0.1, 0.15) is 0 Å². The molecule has 1 aromatic heterocycles. The van der Waals surface area contributed by atoms with Crippen molar-refractivity contribution in [3.8, 4) is 44.5 Å². The van der Waals surface area contributed by atoms with Gasteiger partial charge >= 0.3 is 0 Å². The Balaban J connectivity index is 1.06. The Bertz CT molecular complexity index is 3600. The van der Waals surface area contributed by atoms with Gasteiger partial charge in [-0.05, 0) is 129 Å². The minimum atomic E-state index is 0.998. The Morgan fingerprint density at radius 2 is 0.638 bits per heavy atom. The number of hydrogen-bond acceptors (Lipinski definition) is 1. The molecule has 0 bridgehead atoms. The lowest BCUT2D eigenvalue weighted by Gasteiger charge is -2.20. The standard InChI is InChI=1S/C57H35N/c1-3-11-36(12-4-1)38-23-27-46-40(31-38)19-21-42-33-44(25-29-48(42)46)55-50-15-7-8-16-51(50)56(57-52-17-9-10-18-54(52)58-35-53(55)57)45-26-30-49-43(34-45)22-20-41-32-39(24-28-47(41)49)37-13-5-2-6-14-37/h1-35H. The van der Waals surface area contributed by atoms with Gasteiger partial charge in [-0.1, -0.05) is 176 Å². The van der Waals surface area contributed by atoms with Crippen molar-refractivity contribution in [3.63, 3.8) is 0 Å². The van der Waals surface area contributed by atoms with E-state index in [0.717, 1.165) is 16.3 Å². The summed E-state index contributed by atoms with van der Waals surface area (Å²) in [5.41, 5.74) is 10.8. The van der Waals surface area contributed by atoms with Crippen molar-refractivity contribution in [1.82, 2.24) is 4.98 Å². The second kappa shape index (κ2) is 13.0. The molecule has 0 aliphatic carbocycles. The lowest BCUT2D eigenvalue weighted by Crippen LogP contribution is -1.94. The van der Waals surface area contributed by atoms with Crippen molar-refractivity contribution >= 4 is 75.5 Å². The molecule has 0 atom stereocenters. The van der Waals surface area contributed by atoms with E-state index in [1.54, 1.807) is 0 Å². The predicted octanol–water partition coefficient (Wildman–Crippen LogP) is 15.8. The predicted molar refractivity (Wildman–Crippen MR) is 249 cm³/mol. The van der Waals surface area contributed by atoms with Crippen LogP contribution in [0.3, 0.4) is 0 Å². The number of aromatic nitrogens is 1. The number of hydrogen-bond donors (Lipinski definition) is 0. The average molecular weight is 734 g/mol. The van der Waals surface area contributed by atoms with E-state index >= 15 is 0 Å². The molecule has 11 aromatic carbocycles. The van der Waals surface area contributed by atoms with E-state index in [4.69, 9.17) is 4.98 Å². The Morgan fingerprint density at radius 3 is 1.16 bits per heavy atom. The molecular formula is C57H35N. The van der Waals surface area contributed by atoms with Crippen LogP contribution in [0.25, 0.3) is 120 Å². The van der Waals surface area contributed by atoms with Crippen molar-refractivity contribution < 1.29 is 0 Å². The minimum Gasteiger partial charge on any atom is -0.256 e. The first kappa shape index (κ1) is 32.6. The Hall–Kier alpha value is -7.61. The molecule has 12 rings (SSSR count).